The van der Waals surface area contributed by atoms with Gasteiger partial charge in [0.1, 0.15) is 11.5 Å². The van der Waals surface area contributed by atoms with Crippen molar-refractivity contribution in [2.75, 3.05) is 23.4 Å². The van der Waals surface area contributed by atoms with Gasteiger partial charge in [0, 0.05) is 18.3 Å². The first-order chi connectivity index (χ1) is 13.7. The molecule has 0 aliphatic carbocycles. The number of amides is 2. The highest BCUT2D eigenvalue weighted by Crippen LogP contribution is 2.36. The number of nitrogens with one attached hydrogen (secondary N) is 1. The van der Waals surface area contributed by atoms with Gasteiger partial charge in [-0.1, -0.05) is 24.3 Å². The molecule has 1 heterocycles. The maximum Gasteiger partial charge on any atom is 0.268 e. The van der Waals surface area contributed by atoms with Crippen LogP contribution in [0.3, 0.4) is 0 Å². The van der Waals surface area contributed by atoms with E-state index in [1.54, 1.807) is 30.0 Å². The molecule has 1 atom stereocenters. The summed E-state index contributed by atoms with van der Waals surface area (Å²) >= 11 is 0. The summed E-state index contributed by atoms with van der Waals surface area (Å²) in [7, 11) is 0. The lowest BCUT2D eigenvalue weighted by Crippen LogP contribution is -2.45. The average molecular weight is 394 g/mol. The van der Waals surface area contributed by atoms with Gasteiger partial charge in [0.25, 0.3) is 11.8 Å². The second-order valence-electron chi connectivity index (χ2n) is 7.43. The summed E-state index contributed by atoms with van der Waals surface area (Å²) in [5.74, 6) is 0.854. The highest BCUT2D eigenvalue weighted by atomic mass is 16.5. The van der Waals surface area contributed by atoms with E-state index >= 15 is 0 Å². The van der Waals surface area contributed by atoms with Crippen molar-refractivity contribution in [3.63, 3.8) is 0 Å². The predicted molar refractivity (Wildman–Crippen MR) is 114 cm³/mol. The number of ether oxygens (including phenoxy) is 2. The first-order valence-electron chi connectivity index (χ1n) is 9.51. The minimum Gasteiger partial charge on any atom is -0.483 e. The van der Waals surface area contributed by atoms with Crippen molar-refractivity contribution in [2.45, 2.75) is 33.8 Å². The average Bonchev–Trinajstić information content (AvgIpc) is 2.66. The standard InChI is InChI=1S/C23H26N2O4/c1-14(2)12-25-19-9-8-18(11-21(19)29-17(5)23(25)27)24-22(26)13-28-20-10-15(3)6-7-16(20)4/h6-11,17H,1,12-13H2,2-5H3,(H,24,26). The number of benzene rings is 2. The molecule has 0 fully saturated rings. The van der Waals surface area contributed by atoms with Gasteiger partial charge in [0.05, 0.1) is 5.69 Å². The molecule has 0 saturated carbocycles. The molecule has 29 heavy (non-hydrogen) atoms. The summed E-state index contributed by atoms with van der Waals surface area (Å²) in [6.07, 6.45) is -0.597. The Bertz CT molecular complexity index is 967. The smallest absolute Gasteiger partial charge is 0.268 e. The van der Waals surface area contributed by atoms with Gasteiger partial charge in [-0.25, -0.2) is 0 Å². The summed E-state index contributed by atoms with van der Waals surface area (Å²) in [5, 5.41) is 2.81. The summed E-state index contributed by atoms with van der Waals surface area (Å²) in [4.78, 5) is 26.4. The zero-order chi connectivity index (χ0) is 21.1. The van der Waals surface area contributed by atoms with Gasteiger partial charge in [0.15, 0.2) is 12.7 Å². The zero-order valence-electron chi connectivity index (χ0n) is 17.2. The summed E-state index contributed by atoms with van der Waals surface area (Å²) < 4.78 is 11.4. The molecular weight excluding hydrogens is 368 g/mol. The van der Waals surface area contributed by atoms with Crippen molar-refractivity contribution in [3.05, 3.63) is 59.7 Å². The first-order valence-corrected chi connectivity index (χ1v) is 9.51. The number of carbonyl (C=O) groups excluding carboxylic acids is 2. The third kappa shape index (κ3) is 4.77. The molecule has 0 spiro atoms. The fraction of sp³-hybridized carbons (Fsp3) is 0.304. The topological polar surface area (TPSA) is 67.9 Å². The Morgan fingerprint density at radius 2 is 2.00 bits per heavy atom. The number of anilines is 2. The molecule has 0 radical (unpaired) electrons. The van der Waals surface area contributed by atoms with Gasteiger partial charge >= 0.3 is 0 Å². The first kappa shape index (κ1) is 20.5. The number of carbonyl (C=O) groups is 2. The number of aryl methyl sites for hydroxylation is 2. The Balaban J connectivity index is 1.70. The quantitative estimate of drug-likeness (QED) is 0.752. The fourth-order valence-corrected chi connectivity index (χ4v) is 3.12. The normalized spacial score (nSPS) is 15.4. The van der Waals surface area contributed by atoms with E-state index in [2.05, 4.69) is 11.9 Å². The van der Waals surface area contributed by atoms with Gasteiger partial charge < -0.3 is 19.7 Å². The predicted octanol–water partition coefficient (Wildman–Crippen LogP) is 4.01. The van der Waals surface area contributed by atoms with Crippen molar-refractivity contribution in [3.8, 4) is 11.5 Å². The Hall–Kier alpha value is -3.28. The van der Waals surface area contributed by atoms with Crippen molar-refractivity contribution >= 4 is 23.2 Å². The summed E-state index contributed by atoms with van der Waals surface area (Å²) in [6.45, 7) is 11.7. The maximum absolute atomic E-state index is 12.4. The van der Waals surface area contributed by atoms with Crippen LogP contribution in [0.1, 0.15) is 25.0 Å². The number of nitrogens with zero attached hydrogens (tertiary/aromatic N) is 1. The van der Waals surface area contributed by atoms with Gasteiger partial charge in [-0.3, -0.25) is 9.59 Å². The summed E-state index contributed by atoms with van der Waals surface area (Å²) in [5.41, 5.74) is 4.16. The van der Waals surface area contributed by atoms with Crippen LogP contribution < -0.4 is 19.7 Å². The molecule has 0 aromatic heterocycles. The van der Waals surface area contributed by atoms with Gasteiger partial charge in [-0.2, -0.15) is 0 Å². The minimum absolute atomic E-state index is 0.0983. The highest BCUT2D eigenvalue weighted by molar-refractivity contribution is 6.01. The summed E-state index contributed by atoms with van der Waals surface area (Å²) in [6, 6.07) is 11.1. The number of fused-ring (bicyclic) bond motifs is 1. The van der Waals surface area contributed by atoms with E-state index in [-0.39, 0.29) is 18.4 Å². The lowest BCUT2D eigenvalue weighted by Gasteiger charge is -2.33. The van der Waals surface area contributed by atoms with E-state index in [4.69, 9.17) is 9.47 Å². The van der Waals surface area contributed by atoms with Crippen molar-refractivity contribution in [2.24, 2.45) is 0 Å². The molecule has 0 saturated heterocycles. The van der Waals surface area contributed by atoms with E-state index in [0.29, 0.717) is 29.4 Å². The largest absolute Gasteiger partial charge is 0.483 e. The second kappa shape index (κ2) is 8.39. The molecule has 2 aromatic carbocycles. The molecule has 1 aliphatic rings. The minimum atomic E-state index is -0.597. The second-order valence-corrected chi connectivity index (χ2v) is 7.43. The number of hydrogen-bond acceptors (Lipinski definition) is 4. The van der Waals surface area contributed by atoms with Crippen LogP contribution in [0, 0.1) is 13.8 Å². The van der Waals surface area contributed by atoms with Crippen LogP contribution in [0.25, 0.3) is 0 Å². The van der Waals surface area contributed by atoms with E-state index in [1.807, 2.05) is 39.0 Å². The van der Waals surface area contributed by atoms with E-state index in [9.17, 15) is 9.59 Å². The molecule has 1 N–H and O–H groups in total. The Morgan fingerprint density at radius 1 is 1.24 bits per heavy atom. The number of rotatable bonds is 6. The maximum atomic E-state index is 12.4. The molecule has 6 heteroatoms. The number of hydrogen-bond donors (Lipinski definition) is 1. The molecule has 1 unspecified atom stereocenters. The lowest BCUT2D eigenvalue weighted by atomic mass is 10.1. The van der Waals surface area contributed by atoms with E-state index in [1.165, 1.54) is 0 Å². The molecule has 2 aromatic rings. The zero-order valence-corrected chi connectivity index (χ0v) is 17.2. The third-order valence-electron chi connectivity index (χ3n) is 4.58. The molecule has 152 valence electrons. The van der Waals surface area contributed by atoms with Crippen LogP contribution in [0.5, 0.6) is 11.5 Å². The SMILES string of the molecule is C=C(C)CN1C(=O)C(C)Oc2cc(NC(=O)COc3cc(C)ccc3C)ccc21. The van der Waals surface area contributed by atoms with Crippen LogP contribution >= 0.6 is 0 Å². The Labute approximate surface area is 171 Å². The van der Waals surface area contributed by atoms with E-state index < -0.39 is 6.10 Å². The molecule has 3 rings (SSSR count). The van der Waals surface area contributed by atoms with Crippen LogP contribution in [0.2, 0.25) is 0 Å². The van der Waals surface area contributed by atoms with Gasteiger partial charge in [-0.15, -0.1) is 0 Å². The molecule has 6 nitrogen and oxygen atoms in total. The van der Waals surface area contributed by atoms with Crippen LogP contribution in [0.15, 0.2) is 48.6 Å². The van der Waals surface area contributed by atoms with Crippen molar-refractivity contribution < 1.29 is 19.1 Å². The van der Waals surface area contributed by atoms with Crippen LogP contribution in [-0.4, -0.2) is 31.1 Å². The van der Waals surface area contributed by atoms with E-state index in [0.717, 1.165) is 16.7 Å². The fourth-order valence-electron chi connectivity index (χ4n) is 3.12. The molecule has 0 bridgehead atoms. The van der Waals surface area contributed by atoms with Gasteiger partial charge in [-0.05, 0) is 57.0 Å². The van der Waals surface area contributed by atoms with Crippen molar-refractivity contribution in [1.82, 2.24) is 0 Å². The highest BCUT2D eigenvalue weighted by Gasteiger charge is 2.31. The Morgan fingerprint density at radius 3 is 2.72 bits per heavy atom. The Kier molecular flexibility index (Phi) is 5.92. The third-order valence-corrected chi connectivity index (χ3v) is 4.58. The van der Waals surface area contributed by atoms with Crippen LogP contribution in [0.4, 0.5) is 11.4 Å². The van der Waals surface area contributed by atoms with Gasteiger partial charge in [0.2, 0.25) is 0 Å². The molecular formula is C23H26N2O4. The molecule has 1 aliphatic heterocycles. The van der Waals surface area contributed by atoms with Crippen molar-refractivity contribution in [1.29, 1.82) is 0 Å². The lowest BCUT2D eigenvalue weighted by molar-refractivity contribution is -0.125. The monoisotopic (exact) mass is 394 g/mol. The van der Waals surface area contributed by atoms with Crippen LogP contribution in [-0.2, 0) is 9.59 Å². The molecule has 2 amide bonds.